The number of fused-ring (bicyclic) bond motifs is 1. The normalized spacial score (nSPS) is 11.1. The molecule has 1 heterocycles. The minimum absolute atomic E-state index is 0.308. The molecule has 3 rings (SSSR count). The number of aryl methyl sites for hydroxylation is 1. The van der Waals surface area contributed by atoms with Gasteiger partial charge in [0.05, 0.1) is 0 Å². The molecule has 1 aromatic heterocycles. The van der Waals surface area contributed by atoms with Crippen molar-refractivity contribution in [3.05, 3.63) is 65.9 Å². The lowest BCUT2D eigenvalue weighted by Crippen LogP contribution is -2.12. The van der Waals surface area contributed by atoms with E-state index in [1.807, 2.05) is 12.1 Å². The van der Waals surface area contributed by atoms with Gasteiger partial charge in [-0.25, -0.2) is 0 Å². The summed E-state index contributed by atoms with van der Waals surface area (Å²) in [7, 11) is 2.08. The van der Waals surface area contributed by atoms with Gasteiger partial charge in [-0.3, -0.25) is 0 Å². The molecule has 0 amide bonds. The largest absolute Gasteiger partial charge is 0.508 e. The van der Waals surface area contributed by atoms with E-state index < -0.39 is 0 Å². The second kappa shape index (κ2) is 5.39. The number of aromatic nitrogens is 1. The molecule has 0 spiro atoms. The van der Waals surface area contributed by atoms with Crippen molar-refractivity contribution in [1.82, 2.24) is 9.88 Å². The average molecular weight is 266 g/mol. The van der Waals surface area contributed by atoms with E-state index >= 15 is 0 Å². The molecule has 0 bridgehead atoms. The van der Waals surface area contributed by atoms with E-state index in [0.717, 1.165) is 13.1 Å². The van der Waals surface area contributed by atoms with Gasteiger partial charge in [-0.1, -0.05) is 30.3 Å². The first-order valence-electron chi connectivity index (χ1n) is 6.75. The maximum absolute atomic E-state index is 9.26. The highest BCUT2D eigenvalue weighted by molar-refractivity contribution is 5.83. The fourth-order valence-corrected chi connectivity index (χ4v) is 2.52. The van der Waals surface area contributed by atoms with Crippen LogP contribution in [-0.2, 0) is 20.1 Å². The summed E-state index contributed by atoms with van der Waals surface area (Å²) in [5, 5.41) is 14.0. The van der Waals surface area contributed by atoms with Crippen LogP contribution in [0.15, 0.2) is 54.7 Å². The molecule has 0 aliphatic carbocycles. The van der Waals surface area contributed by atoms with E-state index in [1.165, 1.54) is 22.0 Å². The molecule has 0 unspecified atom stereocenters. The van der Waals surface area contributed by atoms with Crippen LogP contribution in [0, 0.1) is 0 Å². The summed E-state index contributed by atoms with van der Waals surface area (Å²) >= 11 is 0. The predicted molar refractivity (Wildman–Crippen MR) is 81.6 cm³/mol. The van der Waals surface area contributed by atoms with Crippen LogP contribution in [0.1, 0.15) is 11.1 Å². The Kier molecular flexibility index (Phi) is 3.44. The average Bonchev–Trinajstić information content (AvgIpc) is 2.79. The Balaban J connectivity index is 1.70. The molecule has 2 aromatic carbocycles. The van der Waals surface area contributed by atoms with Gasteiger partial charge in [-0.2, -0.15) is 0 Å². The summed E-state index contributed by atoms with van der Waals surface area (Å²) in [4.78, 5) is 0. The van der Waals surface area contributed by atoms with Gasteiger partial charge in [0, 0.05) is 37.2 Å². The molecule has 2 N–H and O–H groups in total. The van der Waals surface area contributed by atoms with Gasteiger partial charge in [0.1, 0.15) is 5.75 Å². The number of aromatic hydroxyl groups is 1. The van der Waals surface area contributed by atoms with E-state index in [4.69, 9.17) is 0 Å². The number of phenolic OH excluding ortho intramolecular Hbond substituents is 1. The van der Waals surface area contributed by atoms with Crippen LogP contribution >= 0.6 is 0 Å². The van der Waals surface area contributed by atoms with Crippen LogP contribution in [0.4, 0.5) is 0 Å². The molecule has 3 nitrogen and oxygen atoms in total. The molecule has 0 saturated carbocycles. The lowest BCUT2D eigenvalue weighted by molar-refractivity contribution is 0.475. The van der Waals surface area contributed by atoms with Gasteiger partial charge in [-0.15, -0.1) is 0 Å². The second-order valence-electron chi connectivity index (χ2n) is 5.05. The Bertz CT molecular complexity index is 713. The minimum atomic E-state index is 0.308. The number of nitrogens with one attached hydrogen (secondary N) is 1. The maximum Gasteiger partial charge on any atom is 0.115 e. The van der Waals surface area contributed by atoms with Crippen LogP contribution in [0.3, 0.4) is 0 Å². The molecule has 20 heavy (non-hydrogen) atoms. The zero-order valence-corrected chi connectivity index (χ0v) is 11.5. The lowest BCUT2D eigenvalue weighted by atomic mass is 10.1. The SMILES string of the molecule is Cn1cc(CNCc2ccc(O)cc2)c2ccccc21. The third kappa shape index (κ3) is 2.53. The molecule has 0 radical (unpaired) electrons. The molecule has 3 heteroatoms. The van der Waals surface area contributed by atoms with Gasteiger partial charge in [-0.05, 0) is 29.3 Å². The number of benzene rings is 2. The van der Waals surface area contributed by atoms with Crippen molar-refractivity contribution >= 4 is 10.9 Å². The van der Waals surface area contributed by atoms with Gasteiger partial charge < -0.3 is 15.0 Å². The smallest absolute Gasteiger partial charge is 0.115 e. The van der Waals surface area contributed by atoms with Crippen molar-refractivity contribution in [3.63, 3.8) is 0 Å². The number of hydrogen-bond donors (Lipinski definition) is 2. The van der Waals surface area contributed by atoms with E-state index in [9.17, 15) is 5.11 Å². The quantitative estimate of drug-likeness (QED) is 0.761. The predicted octanol–water partition coefficient (Wildman–Crippen LogP) is 3.17. The lowest BCUT2D eigenvalue weighted by Gasteiger charge is -2.04. The Morgan fingerprint density at radius 1 is 1.00 bits per heavy atom. The number of nitrogens with zero attached hydrogens (tertiary/aromatic N) is 1. The van der Waals surface area contributed by atoms with Gasteiger partial charge in [0.15, 0.2) is 0 Å². The van der Waals surface area contributed by atoms with Crippen molar-refractivity contribution in [2.45, 2.75) is 13.1 Å². The molecule has 0 saturated heterocycles. The molecular formula is C17H18N2O. The number of phenols is 1. The first kappa shape index (κ1) is 12.8. The minimum Gasteiger partial charge on any atom is -0.508 e. The highest BCUT2D eigenvalue weighted by Gasteiger charge is 2.05. The summed E-state index contributed by atoms with van der Waals surface area (Å²) in [5.41, 5.74) is 3.74. The number of rotatable bonds is 4. The zero-order valence-electron chi connectivity index (χ0n) is 11.5. The zero-order chi connectivity index (χ0) is 13.9. The monoisotopic (exact) mass is 266 g/mol. The molecule has 0 atom stereocenters. The fraction of sp³-hybridized carbons (Fsp3) is 0.176. The molecule has 0 fully saturated rings. The molecular weight excluding hydrogens is 248 g/mol. The van der Waals surface area contributed by atoms with E-state index in [2.05, 4.69) is 47.4 Å². The van der Waals surface area contributed by atoms with Crippen molar-refractivity contribution in [1.29, 1.82) is 0 Å². The Morgan fingerprint density at radius 3 is 2.55 bits per heavy atom. The summed E-state index contributed by atoms with van der Waals surface area (Å²) in [5.74, 6) is 0.308. The maximum atomic E-state index is 9.26. The molecule has 102 valence electrons. The topological polar surface area (TPSA) is 37.2 Å². The van der Waals surface area contributed by atoms with E-state index in [1.54, 1.807) is 12.1 Å². The fourth-order valence-electron chi connectivity index (χ4n) is 2.52. The van der Waals surface area contributed by atoms with Crippen molar-refractivity contribution in [2.24, 2.45) is 7.05 Å². The molecule has 3 aromatic rings. The van der Waals surface area contributed by atoms with Gasteiger partial charge >= 0.3 is 0 Å². The van der Waals surface area contributed by atoms with Crippen LogP contribution in [0.5, 0.6) is 5.75 Å². The van der Waals surface area contributed by atoms with Crippen LogP contribution < -0.4 is 5.32 Å². The molecule has 0 aliphatic heterocycles. The van der Waals surface area contributed by atoms with Gasteiger partial charge in [0.2, 0.25) is 0 Å². The van der Waals surface area contributed by atoms with Crippen molar-refractivity contribution in [3.8, 4) is 5.75 Å². The number of hydrogen-bond acceptors (Lipinski definition) is 2. The summed E-state index contributed by atoms with van der Waals surface area (Å²) < 4.78 is 2.16. The van der Waals surface area contributed by atoms with Gasteiger partial charge in [0.25, 0.3) is 0 Å². The molecule has 0 aliphatic rings. The first-order chi connectivity index (χ1) is 9.74. The van der Waals surface area contributed by atoms with E-state index in [-0.39, 0.29) is 0 Å². The van der Waals surface area contributed by atoms with Crippen LogP contribution in [0.25, 0.3) is 10.9 Å². The Labute approximate surface area is 118 Å². The first-order valence-corrected chi connectivity index (χ1v) is 6.75. The van der Waals surface area contributed by atoms with E-state index in [0.29, 0.717) is 5.75 Å². The summed E-state index contributed by atoms with van der Waals surface area (Å²) in [6.07, 6.45) is 2.18. The highest BCUT2D eigenvalue weighted by atomic mass is 16.3. The van der Waals surface area contributed by atoms with Crippen molar-refractivity contribution in [2.75, 3.05) is 0 Å². The van der Waals surface area contributed by atoms with Crippen LogP contribution in [-0.4, -0.2) is 9.67 Å². The van der Waals surface area contributed by atoms with Crippen LogP contribution in [0.2, 0.25) is 0 Å². The van der Waals surface area contributed by atoms with Crippen molar-refractivity contribution < 1.29 is 5.11 Å². The Morgan fingerprint density at radius 2 is 1.75 bits per heavy atom. The Hall–Kier alpha value is -2.26. The third-order valence-corrected chi connectivity index (χ3v) is 3.56. The summed E-state index contributed by atoms with van der Waals surface area (Å²) in [6.45, 7) is 1.63. The standard InChI is InChI=1S/C17H18N2O/c1-19-12-14(16-4-2-3-5-17(16)19)11-18-10-13-6-8-15(20)9-7-13/h2-9,12,18,20H,10-11H2,1H3. The third-order valence-electron chi connectivity index (χ3n) is 3.56. The highest BCUT2D eigenvalue weighted by Crippen LogP contribution is 2.20. The second-order valence-corrected chi connectivity index (χ2v) is 5.05. The summed E-state index contributed by atoms with van der Waals surface area (Å²) in [6, 6.07) is 15.7. The number of para-hydroxylation sites is 1.